The van der Waals surface area contributed by atoms with E-state index in [2.05, 4.69) is 9.97 Å². The standard InChI is InChI=1S/C18H21N3O2/c1-23-13-14-3-2-10-21(12-14)18(22)16-4-5-17(20-11-16)15-6-8-19-9-7-15/h4-9,11,14H,2-3,10,12-13H2,1H3/t14-/m0/s1. The molecule has 0 unspecified atom stereocenters. The molecule has 0 spiro atoms. The normalized spacial score (nSPS) is 18.0. The van der Waals surface area contributed by atoms with Crippen LogP contribution in [0.2, 0.25) is 0 Å². The summed E-state index contributed by atoms with van der Waals surface area (Å²) in [4.78, 5) is 23.0. The highest BCUT2D eigenvalue weighted by Gasteiger charge is 2.24. The maximum Gasteiger partial charge on any atom is 0.255 e. The van der Waals surface area contributed by atoms with Crippen molar-refractivity contribution in [2.24, 2.45) is 5.92 Å². The van der Waals surface area contributed by atoms with Gasteiger partial charge in [-0.3, -0.25) is 14.8 Å². The van der Waals surface area contributed by atoms with Gasteiger partial charge in [-0.1, -0.05) is 0 Å². The smallest absolute Gasteiger partial charge is 0.255 e. The van der Waals surface area contributed by atoms with Crippen LogP contribution in [0, 0.1) is 5.92 Å². The molecule has 3 heterocycles. The summed E-state index contributed by atoms with van der Waals surface area (Å²) in [5.74, 6) is 0.487. The fourth-order valence-electron chi connectivity index (χ4n) is 3.02. The predicted octanol–water partition coefficient (Wildman–Crippen LogP) is 2.64. The minimum atomic E-state index is 0.0552. The lowest BCUT2D eigenvalue weighted by Gasteiger charge is -2.32. The van der Waals surface area contributed by atoms with Crippen molar-refractivity contribution in [2.75, 3.05) is 26.8 Å². The highest BCUT2D eigenvalue weighted by atomic mass is 16.5. The van der Waals surface area contributed by atoms with E-state index in [4.69, 9.17) is 4.74 Å². The number of amides is 1. The van der Waals surface area contributed by atoms with Crippen LogP contribution in [-0.2, 0) is 4.74 Å². The molecule has 0 bridgehead atoms. The summed E-state index contributed by atoms with van der Waals surface area (Å²) in [6.45, 7) is 2.28. The van der Waals surface area contributed by atoms with Gasteiger partial charge in [-0.15, -0.1) is 0 Å². The molecule has 1 aliphatic heterocycles. The van der Waals surface area contributed by atoms with Gasteiger partial charge < -0.3 is 9.64 Å². The van der Waals surface area contributed by atoms with Crippen LogP contribution >= 0.6 is 0 Å². The number of ether oxygens (including phenoxy) is 1. The van der Waals surface area contributed by atoms with Gasteiger partial charge in [0.15, 0.2) is 0 Å². The van der Waals surface area contributed by atoms with Crippen LogP contribution in [0.4, 0.5) is 0 Å². The van der Waals surface area contributed by atoms with Gasteiger partial charge in [0.25, 0.3) is 5.91 Å². The van der Waals surface area contributed by atoms with Gasteiger partial charge in [0.2, 0.25) is 0 Å². The third-order valence-corrected chi connectivity index (χ3v) is 4.20. The molecule has 5 nitrogen and oxygen atoms in total. The van der Waals surface area contributed by atoms with E-state index < -0.39 is 0 Å². The van der Waals surface area contributed by atoms with Crippen molar-refractivity contribution in [1.29, 1.82) is 0 Å². The van der Waals surface area contributed by atoms with Crippen molar-refractivity contribution in [3.63, 3.8) is 0 Å². The number of carbonyl (C=O) groups is 1. The van der Waals surface area contributed by atoms with Crippen molar-refractivity contribution in [2.45, 2.75) is 12.8 Å². The second kappa shape index (κ2) is 7.33. The number of methoxy groups -OCH3 is 1. The summed E-state index contributed by atoms with van der Waals surface area (Å²) in [6, 6.07) is 7.55. The Morgan fingerprint density at radius 2 is 2.13 bits per heavy atom. The molecule has 2 aromatic rings. The molecule has 0 N–H and O–H groups in total. The van der Waals surface area contributed by atoms with Crippen LogP contribution in [0.25, 0.3) is 11.3 Å². The maximum atomic E-state index is 12.6. The molecule has 1 amide bonds. The SMILES string of the molecule is COC[C@H]1CCCN(C(=O)c2ccc(-c3ccncc3)nc2)C1. The molecule has 2 aromatic heterocycles. The first-order valence-corrected chi connectivity index (χ1v) is 7.92. The van der Waals surface area contributed by atoms with E-state index in [1.165, 1.54) is 0 Å². The van der Waals surface area contributed by atoms with E-state index in [0.717, 1.165) is 37.2 Å². The third kappa shape index (κ3) is 3.74. The minimum Gasteiger partial charge on any atom is -0.384 e. The molecule has 0 radical (unpaired) electrons. The first kappa shape index (κ1) is 15.6. The summed E-state index contributed by atoms with van der Waals surface area (Å²) >= 11 is 0. The number of carbonyl (C=O) groups excluding carboxylic acids is 1. The Balaban J connectivity index is 1.70. The van der Waals surface area contributed by atoms with Gasteiger partial charge in [-0.2, -0.15) is 0 Å². The zero-order valence-corrected chi connectivity index (χ0v) is 13.3. The Kier molecular flexibility index (Phi) is 4.98. The van der Waals surface area contributed by atoms with Crippen LogP contribution in [0.5, 0.6) is 0 Å². The summed E-state index contributed by atoms with van der Waals surface area (Å²) in [5, 5.41) is 0. The molecule has 1 atom stereocenters. The molecule has 120 valence electrons. The van der Waals surface area contributed by atoms with Gasteiger partial charge in [-0.25, -0.2) is 0 Å². The van der Waals surface area contributed by atoms with Crippen molar-refractivity contribution in [3.8, 4) is 11.3 Å². The van der Waals surface area contributed by atoms with Crippen molar-refractivity contribution < 1.29 is 9.53 Å². The molecule has 1 aliphatic rings. The molecule has 0 saturated carbocycles. The highest BCUT2D eigenvalue weighted by molar-refractivity contribution is 5.94. The first-order chi connectivity index (χ1) is 11.3. The third-order valence-electron chi connectivity index (χ3n) is 4.20. The van der Waals surface area contributed by atoms with E-state index in [1.807, 2.05) is 29.2 Å². The number of piperidine rings is 1. The van der Waals surface area contributed by atoms with E-state index in [0.29, 0.717) is 18.1 Å². The Morgan fingerprint density at radius 1 is 1.30 bits per heavy atom. The minimum absolute atomic E-state index is 0.0552. The quantitative estimate of drug-likeness (QED) is 0.871. The number of likely N-dealkylation sites (tertiary alicyclic amines) is 1. The Labute approximate surface area is 136 Å². The average Bonchev–Trinajstić information content (AvgIpc) is 2.62. The van der Waals surface area contributed by atoms with Gasteiger partial charge in [-0.05, 0) is 43.0 Å². The topological polar surface area (TPSA) is 55.3 Å². The van der Waals surface area contributed by atoms with Gasteiger partial charge in [0.05, 0.1) is 17.9 Å². The number of aromatic nitrogens is 2. The van der Waals surface area contributed by atoms with E-state index in [1.54, 1.807) is 25.7 Å². The monoisotopic (exact) mass is 311 g/mol. The van der Waals surface area contributed by atoms with Crippen molar-refractivity contribution >= 4 is 5.91 Å². The fraction of sp³-hybridized carbons (Fsp3) is 0.389. The van der Waals surface area contributed by atoms with E-state index in [-0.39, 0.29) is 5.91 Å². The Hall–Kier alpha value is -2.27. The van der Waals surface area contributed by atoms with Crippen LogP contribution < -0.4 is 0 Å². The lowest BCUT2D eigenvalue weighted by Crippen LogP contribution is -2.41. The second-order valence-corrected chi connectivity index (χ2v) is 5.88. The van der Waals surface area contributed by atoms with Crippen LogP contribution in [-0.4, -0.2) is 47.6 Å². The Bertz CT molecular complexity index is 641. The predicted molar refractivity (Wildman–Crippen MR) is 88.0 cm³/mol. The second-order valence-electron chi connectivity index (χ2n) is 5.88. The zero-order valence-electron chi connectivity index (χ0n) is 13.3. The Morgan fingerprint density at radius 3 is 2.83 bits per heavy atom. The molecule has 1 saturated heterocycles. The van der Waals surface area contributed by atoms with E-state index in [9.17, 15) is 4.79 Å². The number of hydrogen-bond donors (Lipinski definition) is 0. The number of pyridine rings is 2. The highest BCUT2D eigenvalue weighted by Crippen LogP contribution is 2.20. The van der Waals surface area contributed by atoms with Crippen LogP contribution in [0.3, 0.4) is 0 Å². The molecule has 23 heavy (non-hydrogen) atoms. The van der Waals surface area contributed by atoms with Crippen LogP contribution in [0.1, 0.15) is 23.2 Å². The number of hydrogen-bond acceptors (Lipinski definition) is 4. The summed E-state index contributed by atoms with van der Waals surface area (Å²) in [7, 11) is 1.71. The first-order valence-electron chi connectivity index (χ1n) is 7.92. The summed E-state index contributed by atoms with van der Waals surface area (Å²) in [5.41, 5.74) is 2.48. The molecular formula is C18H21N3O2. The zero-order chi connectivity index (χ0) is 16.1. The van der Waals surface area contributed by atoms with Gasteiger partial charge >= 0.3 is 0 Å². The molecule has 1 fully saturated rings. The van der Waals surface area contributed by atoms with Gasteiger partial charge in [0.1, 0.15) is 0 Å². The molecule has 0 aliphatic carbocycles. The lowest BCUT2D eigenvalue weighted by molar-refractivity contribution is 0.0570. The van der Waals surface area contributed by atoms with E-state index >= 15 is 0 Å². The molecule has 0 aromatic carbocycles. The van der Waals surface area contributed by atoms with Crippen molar-refractivity contribution in [1.82, 2.24) is 14.9 Å². The lowest BCUT2D eigenvalue weighted by atomic mass is 9.98. The fourth-order valence-corrected chi connectivity index (χ4v) is 3.02. The largest absolute Gasteiger partial charge is 0.384 e. The van der Waals surface area contributed by atoms with Crippen LogP contribution in [0.15, 0.2) is 42.9 Å². The molecule has 3 rings (SSSR count). The summed E-state index contributed by atoms with van der Waals surface area (Å²) < 4.78 is 5.22. The summed E-state index contributed by atoms with van der Waals surface area (Å²) in [6.07, 6.45) is 7.29. The van der Waals surface area contributed by atoms with Gasteiger partial charge in [0, 0.05) is 44.4 Å². The maximum absolute atomic E-state index is 12.6. The van der Waals surface area contributed by atoms with Crippen molar-refractivity contribution in [3.05, 3.63) is 48.4 Å². The molecule has 5 heteroatoms. The number of nitrogens with zero attached hydrogens (tertiary/aromatic N) is 3. The average molecular weight is 311 g/mol. The molecular weight excluding hydrogens is 290 g/mol. The number of rotatable bonds is 4.